The third-order valence-corrected chi connectivity index (χ3v) is 11.9. The van der Waals surface area contributed by atoms with Crippen LogP contribution >= 0.6 is 0 Å². The summed E-state index contributed by atoms with van der Waals surface area (Å²) in [4.78, 5) is 105. The molecule has 1 N–H and O–H groups in total. The van der Waals surface area contributed by atoms with Crippen LogP contribution in [-0.2, 0) is 49.5 Å². The van der Waals surface area contributed by atoms with Crippen molar-refractivity contribution in [3.05, 3.63) is 47.7 Å². The summed E-state index contributed by atoms with van der Waals surface area (Å²) in [6.07, 6.45) is 2.02. The van der Waals surface area contributed by atoms with Crippen LogP contribution in [0.2, 0.25) is 0 Å². The van der Waals surface area contributed by atoms with Crippen LogP contribution < -0.4 is 5.32 Å². The van der Waals surface area contributed by atoms with Gasteiger partial charge in [-0.2, -0.15) is 0 Å². The third-order valence-electron chi connectivity index (χ3n) is 11.9. The number of ether oxygens (including phenoxy) is 2. The minimum atomic E-state index is -1.31. The molecule has 7 atom stereocenters. The van der Waals surface area contributed by atoms with Gasteiger partial charge in [0, 0.05) is 32.6 Å². The van der Waals surface area contributed by atoms with Crippen LogP contribution in [0.25, 0.3) is 0 Å². The SMILES string of the molecule is COC1=CC(=O)N(C(=O)C(OC(=O)[C@@H]2CCCN2C(=O)[C@@H]2CCCN2C(=O)[C@H](C(C)C)N(C)C(=O)[C@@H](NC(=O)[C@H](C(C)C)N(C)C)C(C)C)C(C)C)[C@H]1Cc1ccccc1. The van der Waals surface area contributed by atoms with Crippen LogP contribution in [0.15, 0.2) is 42.2 Å². The van der Waals surface area contributed by atoms with Gasteiger partial charge in [0.1, 0.15) is 36.0 Å². The van der Waals surface area contributed by atoms with Crippen LogP contribution in [-0.4, -0.2) is 150 Å². The summed E-state index contributed by atoms with van der Waals surface area (Å²) in [5, 5.41) is 2.95. The predicted molar refractivity (Wildman–Crippen MR) is 226 cm³/mol. The molecule has 332 valence electrons. The van der Waals surface area contributed by atoms with Crippen LogP contribution in [0.4, 0.5) is 0 Å². The number of benzene rings is 1. The van der Waals surface area contributed by atoms with Crippen molar-refractivity contribution in [1.82, 2.24) is 29.8 Å². The number of nitrogens with zero attached hydrogens (tertiary/aromatic N) is 5. The molecule has 3 aliphatic heterocycles. The molecule has 0 aliphatic carbocycles. The quantitative estimate of drug-likeness (QED) is 0.230. The predicted octanol–water partition coefficient (Wildman–Crippen LogP) is 3.26. The molecule has 1 aromatic rings. The van der Waals surface area contributed by atoms with E-state index in [0.29, 0.717) is 44.4 Å². The first-order chi connectivity index (χ1) is 28.2. The molecule has 0 bridgehead atoms. The number of carbonyl (C=O) groups excluding carboxylic acids is 7. The van der Waals surface area contributed by atoms with Crippen LogP contribution in [0.1, 0.15) is 86.6 Å². The zero-order valence-electron chi connectivity index (χ0n) is 37.7. The molecule has 0 spiro atoms. The molecule has 0 radical (unpaired) electrons. The van der Waals surface area contributed by atoms with Crippen molar-refractivity contribution in [3.8, 4) is 0 Å². The van der Waals surface area contributed by atoms with E-state index >= 15 is 0 Å². The number of rotatable bonds is 17. The van der Waals surface area contributed by atoms with Crippen molar-refractivity contribution >= 4 is 41.4 Å². The second-order valence-electron chi connectivity index (χ2n) is 18.0. The van der Waals surface area contributed by atoms with Gasteiger partial charge in [-0.05, 0) is 69.0 Å². The lowest BCUT2D eigenvalue weighted by Crippen LogP contribution is -2.61. The minimum absolute atomic E-state index is 0.00726. The smallest absolute Gasteiger partial charge is 0.329 e. The summed E-state index contributed by atoms with van der Waals surface area (Å²) in [6, 6.07) is 4.52. The van der Waals surface area contributed by atoms with Crippen LogP contribution in [0.3, 0.4) is 0 Å². The maximum absolute atomic E-state index is 14.5. The molecule has 3 heterocycles. The summed E-state index contributed by atoms with van der Waals surface area (Å²) in [5.41, 5.74) is 0.886. The Labute approximate surface area is 356 Å². The molecule has 1 aromatic carbocycles. The third kappa shape index (κ3) is 10.6. The van der Waals surface area contributed by atoms with Gasteiger partial charge in [-0.1, -0.05) is 85.7 Å². The van der Waals surface area contributed by atoms with E-state index in [-0.39, 0.29) is 36.1 Å². The molecule has 0 saturated carbocycles. The van der Waals surface area contributed by atoms with Gasteiger partial charge in [0.25, 0.3) is 11.8 Å². The topological polar surface area (TPSA) is 166 Å². The molecular formula is C45H68N6O9. The Morgan fingerprint density at radius 3 is 1.88 bits per heavy atom. The molecule has 4 rings (SSSR count). The normalized spacial score (nSPS) is 21.4. The number of likely N-dealkylation sites (tertiary alicyclic amines) is 2. The fraction of sp³-hybridized carbons (Fsp3) is 0.667. The van der Waals surface area contributed by atoms with Gasteiger partial charge in [0.15, 0.2) is 6.10 Å². The van der Waals surface area contributed by atoms with E-state index in [2.05, 4.69) is 5.32 Å². The maximum Gasteiger partial charge on any atom is 0.329 e. The summed E-state index contributed by atoms with van der Waals surface area (Å²) < 4.78 is 11.4. The summed E-state index contributed by atoms with van der Waals surface area (Å²) in [5.74, 6) is -4.24. The van der Waals surface area contributed by atoms with Gasteiger partial charge in [0.05, 0.1) is 13.2 Å². The average Bonchev–Trinajstić information content (AvgIpc) is 3.94. The van der Waals surface area contributed by atoms with E-state index in [0.717, 1.165) is 10.5 Å². The first kappa shape index (κ1) is 47.9. The molecular weight excluding hydrogens is 769 g/mol. The summed E-state index contributed by atoms with van der Waals surface area (Å²) >= 11 is 0. The van der Waals surface area contributed by atoms with E-state index in [4.69, 9.17) is 9.47 Å². The number of nitrogens with one attached hydrogen (secondary N) is 1. The van der Waals surface area contributed by atoms with Crippen molar-refractivity contribution in [3.63, 3.8) is 0 Å². The largest absolute Gasteiger partial charge is 0.499 e. The van der Waals surface area contributed by atoms with Gasteiger partial charge in [-0.3, -0.25) is 38.6 Å². The molecule has 1 unspecified atom stereocenters. The van der Waals surface area contributed by atoms with Gasteiger partial charge in [-0.15, -0.1) is 0 Å². The van der Waals surface area contributed by atoms with Crippen LogP contribution in [0.5, 0.6) is 0 Å². The number of carbonyl (C=O) groups is 7. The maximum atomic E-state index is 14.5. The second-order valence-corrected chi connectivity index (χ2v) is 18.0. The molecule has 0 aromatic heterocycles. The Bertz CT molecular complexity index is 1750. The highest BCUT2D eigenvalue weighted by atomic mass is 16.6. The van der Waals surface area contributed by atoms with Gasteiger partial charge in [0.2, 0.25) is 23.6 Å². The standard InChI is InChI=1S/C45H68N6O9/c1-26(2)36(46-40(53)37(27(3)4)47(9)10)42(55)48(11)38(28(5)6)43(56)49-22-16-20-31(49)41(54)50-23-17-21-32(50)45(58)60-39(29(7)8)44(57)51-33(34(59-12)25-35(51)52)24-30-18-14-13-15-19-30/h13-15,18-19,25-29,31-33,36-39H,16-17,20-24H2,1-12H3,(H,46,53)/t31-,32-,33-,36-,37-,38-,39?/m0/s1. The van der Waals surface area contributed by atoms with Crippen molar-refractivity contribution < 1.29 is 43.0 Å². The fourth-order valence-corrected chi connectivity index (χ4v) is 8.93. The Morgan fingerprint density at radius 1 is 0.767 bits per heavy atom. The number of hydrogen-bond acceptors (Lipinski definition) is 10. The Kier molecular flexibility index (Phi) is 16.5. The zero-order chi connectivity index (χ0) is 44.7. The Balaban J connectivity index is 1.50. The number of hydrogen-bond donors (Lipinski definition) is 1. The van der Waals surface area contributed by atoms with Crippen molar-refractivity contribution in [2.75, 3.05) is 41.3 Å². The first-order valence-electron chi connectivity index (χ1n) is 21.4. The van der Waals surface area contributed by atoms with Crippen LogP contribution in [0, 0.1) is 23.7 Å². The highest BCUT2D eigenvalue weighted by Gasteiger charge is 2.48. The van der Waals surface area contributed by atoms with E-state index < -0.39 is 77.9 Å². The molecule has 60 heavy (non-hydrogen) atoms. The van der Waals surface area contributed by atoms with E-state index in [1.807, 2.05) is 90.9 Å². The molecule has 15 heteroatoms. The summed E-state index contributed by atoms with van der Waals surface area (Å²) in [7, 11) is 6.64. The number of methoxy groups -OCH3 is 1. The zero-order valence-corrected chi connectivity index (χ0v) is 37.7. The lowest BCUT2D eigenvalue weighted by Gasteiger charge is -2.39. The van der Waals surface area contributed by atoms with Gasteiger partial charge >= 0.3 is 5.97 Å². The highest BCUT2D eigenvalue weighted by molar-refractivity contribution is 6.06. The van der Waals surface area contributed by atoms with Gasteiger partial charge < -0.3 is 29.5 Å². The van der Waals surface area contributed by atoms with Crippen molar-refractivity contribution in [2.45, 2.75) is 130 Å². The minimum Gasteiger partial charge on any atom is -0.499 e. The molecule has 15 nitrogen and oxygen atoms in total. The van der Waals surface area contributed by atoms with Crippen molar-refractivity contribution in [2.24, 2.45) is 23.7 Å². The lowest BCUT2D eigenvalue weighted by atomic mass is 9.96. The van der Waals surface area contributed by atoms with E-state index in [1.54, 1.807) is 20.9 Å². The number of likely N-dealkylation sites (N-methyl/N-ethyl adjacent to an activating group) is 2. The Hall–Kier alpha value is -4.79. The molecule has 2 saturated heterocycles. The van der Waals surface area contributed by atoms with Crippen molar-refractivity contribution in [1.29, 1.82) is 0 Å². The first-order valence-corrected chi connectivity index (χ1v) is 21.4. The Morgan fingerprint density at radius 2 is 1.35 bits per heavy atom. The number of amides is 6. The lowest BCUT2D eigenvalue weighted by molar-refractivity contribution is -0.170. The fourth-order valence-electron chi connectivity index (χ4n) is 8.93. The number of imide groups is 1. The second kappa shape index (κ2) is 20.7. The highest BCUT2D eigenvalue weighted by Crippen LogP contribution is 2.30. The molecule has 2 fully saturated rings. The summed E-state index contributed by atoms with van der Waals surface area (Å²) in [6.45, 7) is 15.3. The monoisotopic (exact) mass is 837 g/mol. The number of esters is 1. The van der Waals surface area contributed by atoms with E-state index in [9.17, 15) is 33.6 Å². The van der Waals surface area contributed by atoms with E-state index in [1.165, 1.54) is 27.9 Å². The molecule has 3 aliphatic rings. The van der Waals surface area contributed by atoms with Gasteiger partial charge in [-0.25, -0.2) is 4.79 Å². The molecule has 6 amide bonds. The average molecular weight is 837 g/mol.